The molecule has 3 rings (SSSR count). The van der Waals surface area contributed by atoms with E-state index in [1.54, 1.807) is 0 Å². The number of anilines is 1. The van der Waals surface area contributed by atoms with Crippen LogP contribution in [0.1, 0.15) is 19.8 Å². The summed E-state index contributed by atoms with van der Waals surface area (Å²) in [6, 6.07) is 12.8. The maximum Gasteiger partial charge on any atom is 0.0957 e. The zero-order valence-corrected chi connectivity index (χ0v) is 10.1. The number of benzene rings is 2. The van der Waals surface area contributed by atoms with Crippen molar-refractivity contribution in [1.82, 2.24) is 0 Å². The zero-order valence-electron chi connectivity index (χ0n) is 10.1. The second kappa shape index (κ2) is 4.21. The molecule has 0 spiro atoms. The molecule has 1 aliphatic heterocycles. The molecule has 17 heavy (non-hydrogen) atoms. The molecule has 0 saturated heterocycles. The maximum atomic E-state index is 4.55. The summed E-state index contributed by atoms with van der Waals surface area (Å²) in [6.45, 7) is 3.27. The van der Waals surface area contributed by atoms with Gasteiger partial charge < -0.3 is 4.90 Å². The monoisotopic (exact) mass is 224 g/mol. The van der Waals surface area contributed by atoms with E-state index >= 15 is 0 Å². The van der Waals surface area contributed by atoms with Crippen LogP contribution in [0.4, 0.5) is 11.4 Å². The van der Waals surface area contributed by atoms with Crippen LogP contribution in [-0.4, -0.2) is 12.9 Å². The molecule has 2 aromatic carbocycles. The fraction of sp³-hybridized carbons (Fsp3) is 0.267. The first kappa shape index (κ1) is 10.3. The van der Waals surface area contributed by atoms with E-state index in [2.05, 4.69) is 53.2 Å². The molecule has 0 fully saturated rings. The highest BCUT2D eigenvalue weighted by molar-refractivity contribution is 6.09. The van der Waals surface area contributed by atoms with Gasteiger partial charge >= 0.3 is 0 Å². The zero-order chi connectivity index (χ0) is 11.7. The molecule has 0 aromatic heterocycles. The summed E-state index contributed by atoms with van der Waals surface area (Å²) in [5.74, 6) is 0. The summed E-state index contributed by atoms with van der Waals surface area (Å²) in [5, 5.41) is 2.56. The van der Waals surface area contributed by atoms with Crippen LogP contribution >= 0.6 is 0 Å². The molecular weight excluding hydrogens is 208 g/mol. The Morgan fingerprint density at radius 3 is 2.76 bits per heavy atom. The van der Waals surface area contributed by atoms with Gasteiger partial charge in [0.25, 0.3) is 0 Å². The first-order valence-electron chi connectivity index (χ1n) is 6.22. The van der Waals surface area contributed by atoms with E-state index in [1.165, 1.54) is 29.3 Å². The van der Waals surface area contributed by atoms with Gasteiger partial charge in [-0.05, 0) is 23.9 Å². The molecule has 0 amide bonds. The average Bonchev–Trinajstić information content (AvgIpc) is 2.39. The summed E-state index contributed by atoms with van der Waals surface area (Å²) in [4.78, 5) is 6.81. The summed E-state index contributed by atoms with van der Waals surface area (Å²) in [6.07, 6.45) is 4.37. The van der Waals surface area contributed by atoms with E-state index in [4.69, 9.17) is 0 Å². The van der Waals surface area contributed by atoms with E-state index in [0.717, 1.165) is 12.2 Å². The van der Waals surface area contributed by atoms with Gasteiger partial charge in [-0.25, -0.2) is 4.99 Å². The van der Waals surface area contributed by atoms with Crippen LogP contribution in [0, 0.1) is 0 Å². The predicted molar refractivity (Wildman–Crippen MR) is 74.4 cm³/mol. The minimum Gasteiger partial charge on any atom is -0.332 e. The highest BCUT2D eigenvalue weighted by Crippen LogP contribution is 2.36. The molecule has 2 nitrogen and oxygen atoms in total. The van der Waals surface area contributed by atoms with E-state index in [1.807, 2.05) is 6.34 Å². The Morgan fingerprint density at radius 2 is 1.94 bits per heavy atom. The molecule has 2 aromatic rings. The maximum absolute atomic E-state index is 4.55. The van der Waals surface area contributed by atoms with Crippen LogP contribution in [0.25, 0.3) is 10.8 Å². The van der Waals surface area contributed by atoms with Crippen molar-refractivity contribution in [3.8, 4) is 0 Å². The van der Waals surface area contributed by atoms with Crippen LogP contribution in [0.2, 0.25) is 0 Å². The number of hydrogen-bond acceptors (Lipinski definition) is 2. The Bertz CT molecular complexity index is 567. The topological polar surface area (TPSA) is 15.6 Å². The number of rotatable bonds is 3. The second-order valence-electron chi connectivity index (χ2n) is 4.44. The Balaban J connectivity index is 2.13. The van der Waals surface area contributed by atoms with Gasteiger partial charge in [0.2, 0.25) is 0 Å². The van der Waals surface area contributed by atoms with Crippen LogP contribution in [0.3, 0.4) is 0 Å². The third kappa shape index (κ3) is 1.70. The van der Waals surface area contributed by atoms with Crippen LogP contribution < -0.4 is 4.90 Å². The number of aliphatic imine (C=N–C) groups is 1. The highest BCUT2D eigenvalue weighted by atomic mass is 15.2. The number of nitrogens with zero attached hydrogens (tertiary/aromatic N) is 2. The molecule has 0 N–H and O–H groups in total. The van der Waals surface area contributed by atoms with Gasteiger partial charge in [-0.1, -0.05) is 37.6 Å². The lowest BCUT2D eigenvalue weighted by Crippen LogP contribution is -2.24. The molecule has 0 radical (unpaired) electrons. The Labute approximate surface area is 102 Å². The van der Waals surface area contributed by atoms with E-state index in [0.29, 0.717) is 0 Å². The molecule has 0 bridgehead atoms. The Hall–Kier alpha value is -1.83. The summed E-state index contributed by atoms with van der Waals surface area (Å²) in [5.41, 5.74) is 2.38. The van der Waals surface area contributed by atoms with Gasteiger partial charge in [0.1, 0.15) is 0 Å². The Kier molecular flexibility index (Phi) is 2.56. The van der Waals surface area contributed by atoms with Crippen LogP contribution in [0.5, 0.6) is 0 Å². The van der Waals surface area contributed by atoms with Gasteiger partial charge in [0, 0.05) is 11.9 Å². The van der Waals surface area contributed by atoms with Gasteiger partial charge in [0.05, 0.1) is 17.7 Å². The molecule has 0 saturated carbocycles. The van der Waals surface area contributed by atoms with Crippen molar-refractivity contribution in [2.45, 2.75) is 19.8 Å². The normalized spacial score (nSPS) is 13.4. The molecular formula is C15H16N2. The van der Waals surface area contributed by atoms with Crippen molar-refractivity contribution >= 4 is 28.5 Å². The van der Waals surface area contributed by atoms with Crippen LogP contribution in [-0.2, 0) is 0 Å². The fourth-order valence-electron chi connectivity index (χ4n) is 2.35. The SMILES string of the molecule is CCCCN1C=Nc2cccc3cccc1c23. The Morgan fingerprint density at radius 1 is 1.12 bits per heavy atom. The average molecular weight is 224 g/mol. The van der Waals surface area contributed by atoms with Crippen molar-refractivity contribution < 1.29 is 0 Å². The minimum atomic E-state index is 1.05. The highest BCUT2D eigenvalue weighted by Gasteiger charge is 2.14. The smallest absolute Gasteiger partial charge is 0.0957 e. The van der Waals surface area contributed by atoms with Gasteiger partial charge in [-0.3, -0.25) is 0 Å². The summed E-state index contributed by atoms with van der Waals surface area (Å²) < 4.78 is 0. The molecule has 1 heterocycles. The lowest BCUT2D eigenvalue weighted by molar-refractivity contribution is 0.799. The lowest BCUT2D eigenvalue weighted by Gasteiger charge is -2.25. The first-order chi connectivity index (χ1) is 8.40. The fourth-order valence-corrected chi connectivity index (χ4v) is 2.35. The van der Waals surface area contributed by atoms with Gasteiger partial charge in [0.15, 0.2) is 0 Å². The van der Waals surface area contributed by atoms with Crippen molar-refractivity contribution in [1.29, 1.82) is 0 Å². The quantitative estimate of drug-likeness (QED) is 0.765. The van der Waals surface area contributed by atoms with Crippen LogP contribution in [0.15, 0.2) is 41.4 Å². The van der Waals surface area contributed by atoms with E-state index < -0.39 is 0 Å². The predicted octanol–water partition coefficient (Wildman–Crippen LogP) is 4.12. The minimum absolute atomic E-state index is 1.05. The molecule has 2 heteroatoms. The number of unbranched alkanes of at least 4 members (excludes halogenated alkanes) is 1. The van der Waals surface area contributed by atoms with Gasteiger partial charge in [-0.15, -0.1) is 0 Å². The van der Waals surface area contributed by atoms with E-state index in [-0.39, 0.29) is 0 Å². The largest absolute Gasteiger partial charge is 0.332 e. The number of hydrogen-bond donors (Lipinski definition) is 0. The lowest BCUT2D eigenvalue weighted by atomic mass is 10.0. The molecule has 1 aliphatic rings. The second-order valence-corrected chi connectivity index (χ2v) is 4.44. The summed E-state index contributed by atoms with van der Waals surface area (Å²) in [7, 11) is 0. The van der Waals surface area contributed by atoms with Crippen molar-refractivity contribution in [3.05, 3.63) is 36.4 Å². The van der Waals surface area contributed by atoms with Crippen molar-refractivity contribution in [2.24, 2.45) is 4.99 Å². The molecule has 0 unspecified atom stereocenters. The third-order valence-electron chi connectivity index (χ3n) is 3.26. The van der Waals surface area contributed by atoms with Crippen molar-refractivity contribution in [3.63, 3.8) is 0 Å². The molecule has 0 atom stereocenters. The standard InChI is InChI=1S/C15H16N2/c1-2-3-10-17-11-16-13-8-4-6-12-7-5-9-14(17)15(12)13/h4-9,11H,2-3,10H2,1H3. The van der Waals surface area contributed by atoms with E-state index in [9.17, 15) is 0 Å². The van der Waals surface area contributed by atoms with Gasteiger partial charge in [-0.2, -0.15) is 0 Å². The molecule has 0 aliphatic carbocycles. The first-order valence-corrected chi connectivity index (χ1v) is 6.22. The van der Waals surface area contributed by atoms with Crippen molar-refractivity contribution in [2.75, 3.05) is 11.4 Å². The summed E-state index contributed by atoms with van der Waals surface area (Å²) >= 11 is 0. The molecule has 86 valence electrons. The third-order valence-corrected chi connectivity index (χ3v) is 3.26.